The number of Topliss-reactive ketones (excluding diaryl/α,β-unsaturated/α-hetero) is 1. The molecule has 0 fully saturated rings. The largest absolute Gasteiger partial charge is 0.341 e. The lowest BCUT2D eigenvalue weighted by molar-refractivity contribution is -0.384. The molecule has 0 radical (unpaired) electrons. The van der Waals surface area contributed by atoms with E-state index in [2.05, 4.69) is 0 Å². The average Bonchev–Trinajstić information content (AvgIpc) is 2.53. The minimum Gasteiger partial charge on any atom is -0.341 e. The molecule has 0 aliphatic carbocycles. The summed E-state index contributed by atoms with van der Waals surface area (Å²) >= 11 is 0. The average molecular weight is 358 g/mol. The summed E-state index contributed by atoms with van der Waals surface area (Å²) in [5.41, 5.74) is -0.295. The van der Waals surface area contributed by atoms with Gasteiger partial charge in [0.15, 0.2) is 5.78 Å². The highest BCUT2D eigenvalue weighted by atomic mass is 32.2. The first-order valence-electron chi connectivity index (χ1n) is 7.11. The molecule has 0 N–H and O–H groups in total. The van der Waals surface area contributed by atoms with Gasteiger partial charge in [-0.3, -0.25) is 19.7 Å². The van der Waals surface area contributed by atoms with Crippen LogP contribution in [0.15, 0.2) is 29.2 Å². The van der Waals surface area contributed by atoms with Gasteiger partial charge in [0.2, 0.25) is 6.10 Å². The molecule has 24 heavy (non-hydrogen) atoms. The number of hydrogen-bond acceptors (Lipinski definition) is 7. The quantitative estimate of drug-likeness (QED) is 0.295. The maximum atomic E-state index is 12.2. The van der Waals surface area contributed by atoms with E-state index in [1.807, 2.05) is 0 Å². The molecule has 10 heteroatoms. The normalized spacial score (nSPS) is 12.5. The van der Waals surface area contributed by atoms with Gasteiger partial charge in [0.1, 0.15) is 0 Å². The maximum absolute atomic E-state index is 12.2. The zero-order valence-electron chi connectivity index (χ0n) is 13.5. The van der Waals surface area contributed by atoms with E-state index in [9.17, 15) is 28.1 Å². The molecule has 0 saturated heterocycles. The van der Waals surface area contributed by atoms with Crippen molar-refractivity contribution >= 4 is 27.5 Å². The van der Waals surface area contributed by atoms with Crippen LogP contribution >= 0.6 is 0 Å². The Morgan fingerprint density at radius 1 is 1.21 bits per heavy atom. The standard InChI is InChI=1S/C14H18N2O7S/c1-4-15(5-2)14(18)13(10(3)17)23-24(21,22)12-8-6-11(7-9-12)16(19)20/h6-9,13H,4-5H2,1-3H3. The third-order valence-electron chi connectivity index (χ3n) is 3.23. The number of nitro groups is 1. The van der Waals surface area contributed by atoms with Crippen molar-refractivity contribution in [3.05, 3.63) is 34.4 Å². The zero-order chi connectivity index (χ0) is 18.5. The summed E-state index contributed by atoms with van der Waals surface area (Å²) < 4.78 is 29.2. The minimum atomic E-state index is -4.43. The highest BCUT2D eigenvalue weighted by molar-refractivity contribution is 7.86. The van der Waals surface area contributed by atoms with Crippen molar-refractivity contribution in [3.63, 3.8) is 0 Å². The molecule has 1 rings (SSSR count). The fraction of sp³-hybridized carbons (Fsp3) is 0.429. The van der Waals surface area contributed by atoms with Crippen LogP contribution in [0.4, 0.5) is 5.69 Å². The predicted octanol–water partition coefficient (Wildman–Crippen LogP) is 1.13. The lowest BCUT2D eigenvalue weighted by Crippen LogP contribution is -2.44. The van der Waals surface area contributed by atoms with Crippen LogP contribution in [0.1, 0.15) is 20.8 Å². The minimum absolute atomic E-state index is 0.292. The van der Waals surface area contributed by atoms with E-state index in [4.69, 9.17) is 4.18 Å². The Hall–Kier alpha value is -2.33. The maximum Gasteiger partial charge on any atom is 0.298 e. The molecule has 132 valence electrons. The van der Waals surface area contributed by atoms with Gasteiger partial charge in [0, 0.05) is 25.2 Å². The summed E-state index contributed by atoms with van der Waals surface area (Å²) in [7, 11) is -4.43. The number of benzene rings is 1. The van der Waals surface area contributed by atoms with Gasteiger partial charge in [-0.05, 0) is 32.9 Å². The number of carbonyl (C=O) groups is 2. The fourth-order valence-electron chi connectivity index (χ4n) is 1.90. The first kappa shape index (κ1) is 19.7. The molecule has 9 nitrogen and oxygen atoms in total. The second-order valence-electron chi connectivity index (χ2n) is 4.80. The smallest absolute Gasteiger partial charge is 0.298 e. The van der Waals surface area contributed by atoms with Gasteiger partial charge < -0.3 is 4.90 Å². The van der Waals surface area contributed by atoms with E-state index < -0.39 is 32.8 Å². The monoisotopic (exact) mass is 358 g/mol. The Morgan fingerprint density at radius 3 is 2.08 bits per heavy atom. The summed E-state index contributed by atoms with van der Waals surface area (Å²) in [4.78, 5) is 34.7. The Labute approximate surface area is 139 Å². The molecule has 1 unspecified atom stereocenters. The number of likely N-dealkylation sites (N-methyl/N-ethyl adjacent to an activating group) is 1. The topological polar surface area (TPSA) is 124 Å². The van der Waals surface area contributed by atoms with Crippen molar-refractivity contribution in [2.24, 2.45) is 0 Å². The Bertz CT molecular complexity index is 724. The summed E-state index contributed by atoms with van der Waals surface area (Å²) in [6, 6.07) is 3.94. The number of non-ortho nitro benzene ring substituents is 1. The van der Waals surface area contributed by atoms with Crippen LogP contribution in [-0.2, 0) is 23.9 Å². The van der Waals surface area contributed by atoms with E-state index in [0.717, 1.165) is 31.2 Å². The number of nitro benzene ring substituents is 1. The van der Waals surface area contributed by atoms with Crippen molar-refractivity contribution in [3.8, 4) is 0 Å². The molecule has 0 aliphatic heterocycles. The first-order valence-corrected chi connectivity index (χ1v) is 8.51. The Kier molecular flexibility index (Phi) is 6.55. The van der Waals surface area contributed by atoms with Gasteiger partial charge in [-0.15, -0.1) is 0 Å². The zero-order valence-corrected chi connectivity index (χ0v) is 14.3. The molecular weight excluding hydrogens is 340 g/mol. The molecule has 1 aromatic carbocycles. The van der Waals surface area contributed by atoms with Crippen LogP contribution in [0.5, 0.6) is 0 Å². The van der Waals surface area contributed by atoms with E-state index in [1.54, 1.807) is 13.8 Å². The highest BCUT2D eigenvalue weighted by Gasteiger charge is 2.33. The third-order valence-corrected chi connectivity index (χ3v) is 4.52. The second-order valence-corrected chi connectivity index (χ2v) is 6.37. The number of nitrogens with zero attached hydrogens (tertiary/aromatic N) is 2. The van der Waals surface area contributed by atoms with E-state index in [0.29, 0.717) is 13.1 Å². The lowest BCUT2D eigenvalue weighted by atomic mass is 10.2. The SMILES string of the molecule is CCN(CC)C(=O)C(OS(=O)(=O)c1ccc([N+](=O)[O-])cc1)C(C)=O. The first-order chi connectivity index (χ1) is 11.1. The number of rotatable bonds is 8. The molecular formula is C14H18N2O7S. The van der Waals surface area contributed by atoms with Crippen LogP contribution in [0.25, 0.3) is 0 Å². The molecule has 0 aliphatic rings. The highest BCUT2D eigenvalue weighted by Crippen LogP contribution is 2.19. The number of ketones is 1. The van der Waals surface area contributed by atoms with Gasteiger partial charge >= 0.3 is 0 Å². The molecule has 1 amide bonds. The van der Waals surface area contributed by atoms with Gasteiger partial charge in [0.25, 0.3) is 21.7 Å². The van der Waals surface area contributed by atoms with Gasteiger partial charge in [-0.1, -0.05) is 0 Å². The molecule has 1 atom stereocenters. The molecule has 0 saturated carbocycles. The molecule has 0 heterocycles. The number of hydrogen-bond donors (Lipinski definition) is 0. The summed E-state index contributed by atoms with van der Waals surface area (Å²) in [6.07, 6.45) is -1.79. The predicted molar refractivity (Wildman–Crippen MR) is 83.8 cm³/mol. The summed E-state index contributed by atoms with van der Waals surface area (Å²) in [6.45, 7) is 5.00. The summed E-state index contributed by atoms with van der Waals surface area (Å²) in [5.74, 6) is -1.50. The van der Waals surface area contributed by atoms with Crippen molar-refractivity contribution in [2.75, 3.05) is 13.1 Å². The molecule has 0 spiro atoms. The van der Waals surface area contributed by atoms with Crippen LogP contribution in [-0.4, -0.2) is 49.1 Å². The van der Waals surface area contributed by atoms with Crippen molar-refractivity contribution in [1.82, 2.24) is 4.90 Å². The third kappa shape index (κ3) is 4.59. The van der Waals surface area contributed by atoms with Crippen LogP contribution in [0.3, 0.4) is 0 Å². The Balaban J connectivity index is 3.10. The van der Waals surface area contributed by atoms with Crippen LogP contribution < -0.4 is 0 Å². The van der Waals surface area contributed by atoms with Crippen molar-refractivity contribution < 1.29 is 27.1 Å². The van der Waals surface area contributed by atoms with E-state index in [-0.39, 0.29) is 10.6 Å². The number of carbonyl (C=O) groups excluding carboxylic acids is 2. The van der Waals surface area contributed by atoms with Crippen LogP contribution in [0.2, 0.25) is 0 Å². The summed E-state index contributed by atoms with van der Waals surface area (Å²) in [5, 5.41) is 10.6. The van der Waals surface area contributed by atoms with Crippen molar-refractivity contribution in [1.29, 1.82) is 0 Å². The number of amides is 1. The van der Waals surface area contributed by atoms with Gasteiger partial charge in [0.05, 0.1) is 9.82 Å². The lowest BCUT2D eigenvalue weighted by Gasteiger charge is -2.23. The molecule has 1 aromatic rings. The second kappa shape index (κ2) is 7.97. The van der Waals surface area contributed by atoms with Crippen molar-refractivity contribution in [2.45, 2.75) is 31.8 Å². The molecule has 0 bridgehead atoms. The van der Waals surface area contributed by atoms with Gasteiger partial charge in [-0.2, -0.15) is 8.42 Å². The van der Waals surface area contributed by atoms with E-state index >= 15 is 0 Å². The Morgan fingerprint density at radius 2 is 1.71 bits per heavy atom. The molecule has 0 aromatic heterocycles. The van der Waals surface area contributed by atoms with Crippen LogP contribution in [0, 0.1) is 10.1 Å². The van der Waals surface area contributed by atoms with Gasteiger partial charge in [-0.25, -0.2) is 4.18 Å². The fourth-order valence-corrected chi connectivity index (χ4v) is 2.95. The van der Waals surface area contributed by atoms with E-state index in [1.165, 1.54) is 4.90 Å².